The predicted molar refractivity (Wildman–Crippen MR) is 140 cm³/mol. The predicted octanol–water partition coefficient (Wildman–Crippen LogP) is 4.76. The average molecular weight is 491 g/mol. The molecule has 9 heteroatoms. The second-order valence-corrected chi connectivity index (χ2v) is 9.21. The fraction of sp³-hybridized carbons (Fsp3) is 0.333. The number of aromatic nitrogens is 2. The van der Waals surface area contributed by atoms with Crippen molar-refractivity contribution in [2.24, 2.45) is 0 Å². The van der Waals surface area contributed by atoms with Crippen LogP contribution in [0.5, 0.6) is 0 Å². The summed E-state index contributed by atoms with van der Waals surface area (Å²) in [6, 6.07) is 12.8. The monoisotopic (exact) mass is 490 g/mol. The number of halogens is 1. The minimum absolute atomic E-state index is 0. The van der Waals surface area contributed by atoms with Crippen molar-refractivity contribution < 1.29 is 14.0 Å². The average Bonchev–Trinajstić information content (AvgIpc) is 3.25. The molecule has 5 rings (SSSR count). The van der Waals surface area contributed by atoms with Crippen LogP contribution in [0, 0.1) is 12.7 Å². The quantitative estimate of drug-likeness (QED) is 0.536. The van der Waals surface area contributed by atoms with Crippen molar-refractivity contribution in [3.63, 3.8) is 0 Å². The first kappa shape index (κ1) is 25.1. The molecule has 1 aromatic heterocycles. The molecule has 2 amide bonds. The maximum atomic E-state index is 13.1. The van der Waals surface area contributed by atoms with Crippen LogP contribution in [0.2, 0.25) is 0 Å². The molecular weight excluding hydrogens is 459 g/mol. The lowest BCUT2D eigenvalue weighted by atomic mass is 9.94. The number of rotatable bonds is 5. The summed E-state index contributed by atoms with van der Waals surface area (Å²) in [4.78, 5) is 38.5. The van der Waals surface area contributed by atoms with Gasteiger partial charge in [0.05, 0.1) is 5.69 Å². The number of carbonyl (C=O) groups is 2. The molecule has 3 aromatic rings. The van der Waals surface area contributed by atoms with Crippen LogP contribution in [0.25, 0.3) is 0 Å². The molecule has 2 aliphatic heterocycles. The zero-order chi connectivity index (χ0) is 24.7. The minimum atomic E-state index is -0.562. The van der Waals surface area contributed by atoms with Crippen LogP contribution >= 0.6 is 0 Å². The van der Waals surface area contributed by atoms with Gasteiger partial charge in [-0.1, -0.05) is 19.6 Å². The standard InChI is InChI=1S/C26H27FN6O2.CH4/c1-16-21-22(33-14-4-13-26(33,2)24(35)32(21)3)31-25(29-16)28-15-17-5-11-20(12-6-17)30-23(34)18-7-9-19(27)10-8-18;/h5-12H,4,13-15H2,1-3H3,(H,30,34)(H,28,29,31);1H4/t26-;/m1./s1. The van der Waals surface area contributed by atoms with Crippen molar-refractivity contribution in [2.75, 3.05) is 34.0 Å². The number of hydrogen-bond donors (Lipinski definition) is 2. The van der Waals surface area contributed by atoms with Crippen LogP contribution in [0.3, 0.4) is 0 Å². The molecule has 0 saturated carbocycles. The summed E-state index contributed by atoms with van der Waals surface area (Å²) in [5.41, 5.74) is 2.97. The van der Waals surface area contributed by atoms with Gasteiger partial charge in [-0.15, -0.1) is 0 Å². The Balaban J connectivity index is 0.00000304. The van der Waals surface area contributed by atoms with Crippen LogP contribution < -0.4 is 20.4 Å². The van der Waals surface area contributed by atoms with Crippen LogP contribution in [-0.4, -0.2) is 40.9 Å². The highest BCUT2D eigenvalue weighted by molar-refractivity contribution is 6.08. The van der Waals surface area contributed by atoms with E-state index in [1.54, 1.807) is 11.9 Å². The molecule has 0 unspecified atom stereocenters. The van der Waals surface area contributed by atoms with Crippen LogP contribution in [0.15, 0.2) is 48.5 Å². The Morgan fingerprint density at radius 3 is 2.50 bits per heavy atom. The van der Waals surface area contributed by atoms with E-state index in [0.717, 1.165) is 42.1 Å². The van der Waals surface area contributed by atoms with Gasteiger partial charge in [0.2, 0.25) is 5.95 Å². The normalized spacial score (nSPS) is 18.3. The molecular formula is C27H31FN6O2. The molecule has 1 atom stereocenters. The number of likely N-dealkylation sites (N-methyl/N-ethyl adjacent to an activating group) is 1. The number of hydrogen-bond acceptors (Lipinski definition) is 6. The van der Waals surface area contributed by atoms with E-state index in [2.05, 4.69) is 20.5 Å². The lowest BCUT2D eigenvalue weighted by Crippen LogP contribution is -2.58. The van der Waals surface area contributed by atoms with Crippen molar-refractivity contribution in [3.05, 3.63) is 71.2 Å². The number of amides is 2. The van der Waals surface area contributed by atoms with Gasteiger partial charge in [-0.2, -0.15) is 4.98 Å². The van der Waals surface area contributed by atoms with E-state index >= 15 is 0 Å². The Morgan fingerprint density at radius 2 is 1.81 bits per heavy atom. The Bertz CT molecular complexity index is 1290. The molecule has 0 bridgehead atoms. The van der Waals surface area contributed by atoms with E-state index < -0.39 is 5.54 Å². The summed E-state index contributed by atoms with van der Waals surface area (Å²) >= 11 is 0. The van der Waals surface area contributed by atoms with Crippen molar-refractivity contribution in [1.82, 2.24) is 9.97 Å². The largest absolute Gasteiger partial charge is 0.350 e. The molecule has 2 aromatic carbocycles. The van der Waals surface area contributed by atoms with Gasteiger partial charge in [0.25, 0.3) is 11.8 Å². The van der Waals surface area contributed by atoms with Gasteiger partial charge in [-0.25, -0.2) is 9.37 Å². The van der Waals surface area contributed by atoms with E-state index in [-0.39, 0.29) is 25.1 Å². The third-order valence-corrected chi connectivity index (χ3v) is 6.81. The molecule has 1 fully saturated rings. The first-order chi connectivity index (χ1) is 16.8. The zero-order valence-electron chi connectivity index (χ0n) is 19.9. The lowest BCUT2D eigenvalue weighted by molar-refractivity contribution is -0.123. The Hall–Kier alpha value is -4.01. The van der Waals surface area contributed by atoms with Gasteiger partial charge < -0.3 is 20.4 Å². The molecule has 8 nitrogen and oxygen atoms in total. The first-order valence-electron chi connectivity index (χ1n) is 11.6. The van der Waals surface area contributed by atoms with Gasteiger partial charge in [0, 0.05) is 31.4 Å². The third kappa shape index (κ3) is 4.36. The zero-order valence-corrected chi connectivity index (χ0v) is 19.9. The topological polar surface area (TPSA) is 90.5 Å². The lowest BCUT2D eigenvalue weighted by Gasteiger charge is -2.44. The highest BCUT2D eigenvalue weighted by atomic mass is 19.1. The molecule has 0 spiro atoms. The highest BCUT2D eigenvalue weighted by Crippen LogP contribution is 2.45. The van der Waals surface area contributed by atoms with Gasteiger partial charge >= 0.3 is 0 Å². The van der Waals surface area contributed by atoms with E-state index in [9.17, 15) is 14.0 Å². The molecule has 3 heterocycles. The Labute approximate surface area is 210 Å². The first-order valence-corrected chi connectivity index (χ1v) is 11.6. The SMILES string of the molecule is C.Cc1nc(NCc2ccc(NC(=O)c3ccc(F)cc3)cc2)nc2c1N(C)C(=O)[C@@]1(C)CCCN21. The van der Waals surface area contributed by atoms with Crippen LogP contribution in [-0.2, 0) is 11.3 Å². The summed E-state index contributed by atoms with van der Waals surface area (Å²) in [7, 11) is 1.79. The summed E-state index contributed by atoms with van der Waals surface area (Å²) < 4.78 is 13.1. The second kappa shape index (κ2) is 9.56. The van der Waals surface area contributed by atoms with E-state index in [1.165, 1.54) is 24.3 Å². The Morgan fingerprint density at radius 1 is 1.11 bits per heavy atom. The minimum Gasteiger partial charge on any atom is -0.350 e. The van der Waals surface area contributed by atoms with E-state index in [1.807, 2.05) is 38.1 Å². The van der Waals surface area contributed by atoms with Crippen molar-refractivity contribution >= 4 is 35.0 Å². The van der Waals surface area contributed by atoms with Gasteiger partial charge in [0.1, 0.15) is 17.0 Å². The molecule has 0 aliphatic carbocycles. The van der Waals surface area contributed by atoms with E-state index in [4.69, 9.17) is 4.98 Å². The molecule has 36 heavy (non-hydrogen) atoms. The number of benzene rings is 2. The highest BCUT2D eigenvalue weighted by Gasteiger charge is 2.50. The van der Waals surface area contributed by atoms with Gasteiger partial charge in [-0.05, 0) is 68.7 Å². The van der Waals surface area contributed by atoms with Crippen LogP contribution in [0.1, 0.15) is 48.8 Å². The summed E-state index contributed by atoms with van der Waals surface area (Å²) in [6.45, 7) is 5.18. The van der Waals surface area contributed by atoms with Crippen molar-refractivity contribution in [2.45, 2.75) is 46.2 Å². The number of aryl methyl sites for hydroxylation is 1. The maximum absolute atomic E-state index is 13.1. The third-order valence-electron chi connectivity index (χ3n) is 6.81. The van der Waals surface area contributed by atoms with Crippen molar-refractivity contribution in [3.8, 4) is 0 Å². The van der Waals surface area contributed by atoms with Gasteiger partial charge in [0.15, 0.2) is 5.82 Å². The fourth-order valence-electron chi connectivity index (χ4n) is 4.89. The summed E-state index contributed by atoms with van der Waals surface area (Å²) in [5.74, 6) is 0.701. The molecule has 0 radical (unpaired) electrons. The maximum Gasteiger partial charge on any atom is 0.255 e. The smallest absolute Gasteiger partial charge is 0.255 e. The number of carbonyl (C=O) groups excluding carboxylic acids is 2. The number of fused-ring (bicyclic) bond motifs is 3. The second-order valence-electron chi connectivity index (χ2n) is 9.21. The van der Waals surface area contributed by atoms with Crippen molar-refractivity contribution in [1.29, 1.82) is 0 Å². The summed E-state index contributed by atoms with van der Waals surface area (Å²) in [6.07, 6.45) is 1.76. The number of anilines is 4. The van der Waals surface area contributed by atoms with E-state index in [0.29, 0.717) is 23.7 Å². The number of nitrogens with one attached hydrogen (secondary N) is 2. The molecule has 2 N–H and O–H groups in total. The van der Waals surface area contributed by atoms with Gasteiger partial charge in [-0.3, -0.25) is 9.59 Å². The van der Waals surface area contributed by atoms with Crippen LogP contribution in [0.4, 0.5) is 27.5 Å². The molecule has 188 valence electrons. The Kier molecular flexibility index (Phi) is 6.67. The molecule has 2 aliphatic rings. The number of nitrogens with zero attached hydrogens (tertiary/aromatic N) is 4. The summed E-state index contributed by atoms with van der Waals surface area (Å²) in [5, 5.41) is 6.10. The molecule has 1 saturated heterocycles. The fourth-order valence-corrected chi connectivity index (χ4v) is 4.89.